The molecular weight excluding hydrogens is 499 g/mol. The number of hydrogen-bond acceptors (Lipinski definition) is 3. The topological polar surface area (TPSA) is 49.4 Å². The molecule has 0 aliphatic carbocycles. The molecule has 0 bridgehead atoms. The second-order valence-corrected chi connectivity index (χ2v) is 10.4. The summed E-state index contributed by atoms with van der Waals surface area (Å²) in [6.45, 7) is 4.12. The number of carbonyl (C=O) groups excluding carboxylic acids is 2. The molecule has 0 aliphatic heterocycles. The first-order valence-corrected chi connectivity index (χ1v) is 13.4. The molecule has 0 saturated heterocycles. The quantitative estimate of drug-likeness (QED) is 0.313. The van der Waals surface area contributed by atoms with Gasteiger partial charge in [0.2, 0.25) is 11.8 Å². The van der Waals surface area contributed by atoms with Gasteiger partial charge in [-0.1, -0.05) is 83.9 Å². The van der Waals surface area contributed by atoms with Crippen molar-refractivity contribution in [3.63, 3.8) is 0 Å². The van der Waals surface area contributed by atoms with Crippen LogP contribution in [-0.2, 0) is 28.3 Å². The van der Waals surface area contributed by atoms with E-state index in [0.29, 0.717) is 22.2 Å². The molecule has 3 aromatic rings. The summed E-state index contributed by atoms with van der Waals surface area (Å²) in [5.41, 5.74) is 2.84. The number of amides is 2. The predicted molar refractivity (Wildman–Crippen MR) is 147 cm³/mol. The summed E-state index contributed by atoms with van der Waals surface area (Å²) in [5, 5.41) is 4.28. The van der Waals surface area contributed by atoms with Crippen LogP contribution < -0.4 is 5.32 Å². The van der Waals surface area contributed by atoms with Gasteiger partial charge in [0.25, 0.3) is 0 Å². The van der Waals surface area contributed by atoms with Gasteiger partial charge in [-0.25, -0.2) is 0 Å². The highest BCUT2D eigenvalue weighted by Crippen LogP contribution is 2.23. The van der Waals surface area contributed by atoms with Crippen molar-refractivity contribution in [1.82, 2.24) is 10.2 Å². The van der Waals surface area contributed by atoms with E-state index in [1.807, 2.05) is 86.6 Å². The van der Waals surface area contributed by atoms with E-state index in [9.17, 15) is 9.59 Å². The zero-order valence-electron chi connectivity index (χ0n) is 19.9. The van der Waals surface area contributed by atoms with Crippen LogP contribution in [0.3, 0.4) is 0 Å². The van der Waals surface area contributed by atoms with Crippen LogP contribution in [0.2, 0.25) is 10.0 Å². The van der Waals surface area contributed by atoms with Gasteiger partial charge in [0.1, 0.15) is 6.04 Å². The number of benzene rings is 3. The van der Waals surface area contributed by atoms with E-state index in [4.69, 9.17) is 23.2 Å². The van der Waals surface area contributed by atoms with Crippen LogP contribution in [0.25, 0.3) is 0 Å². The average molecular weight is 530 g/mol. The Morgan fingerprint density at radius 2 is 1.60 bits per heavy atom. The first-order chi connectivity index (χ1) is 16.8. The molecule has 1 atom stereocenters. The minimum atomic E-state index is -0.660. The molecule has 7 heteroatoms. The first kappa shape index (κ1) is 27.1. The Balaban J connectivity index is 1.85. The number of nitrogens with one attached hydrogen (secondary N) is 1. The van der Waals surface area contributed by atoms with E-state index in [1.54, 1.807) is 11.0 Å². The average Bonchev–Trinajstić information content (AvgIpc) is 2.82. The van der Waals surface area contributed by atoms with Gasteiger partial charge in [0, 0.05) is 34.8 Å². The van der Waals surface area contributed by atoms with Crippen molar-refractivity contribution < 1.29 is 9.59 Å². The molecule has 184 valence electrons. The summed E-state index contributed by atoms with van der Waals surface area (Å²) >= 11 is 14.0. The summed E-state index contributed by atoms with van der Waals surface area (Å²) < 4.78 is 0. The zero-order valence-corrected chi connectivity index (χ0v) is 22.2. The SMILES string of the molecule is CC(C)NC(=O)[C@@H](Cc1ccccc1)N(Cc1cccc(Cl)c1)C(=O)CSCc1ccccc1Cl. The Bertz CT molecular complexity index is 1120. The molecule has 1 N–H and O–H groups in total. The molecule has 0 aromatic heterocycles. The normalized spacial score (nSPS) is 11.8. The van der Waals surface area contributed by atoms with E-state index in [-0.39, 0.29) is 30.2 Å². The zero-order chi connectivity index (χ0) is 25.2. The molecule has 3 rings (SSSR count). The summed E-state index contributed by atoms with van der Waals surface area (Å²) in [4.78, 5) is 28.6. The fourth-order valence-electron chi connectivity index (χ4n) is 3.71. The monoisotopic (exact) mass is 528 g/mol. The Morgan fingerprint density at radius 1 is 0.914 bits per heavy atom. The Hall–Kier alpha value is -2.47. The van der Waals surface area contributed by atoms with E-state index < -0.39 is 6.04 Å². The van der Waals surface area contributed by atoms with Gasteiger partial charge >= 0.3 is 0 Å². The van der Waals surface area contributed by atoms with Crippen molar-refractivity contribution in [3.8, 4) is 0 Å². The van der Waals surface area contributed by atoms with Crippen LogP contribution in [0.4, 0.5) is 0 Å². The molecule has 0 saturated carbocycles. The van der Waals surface area contributed by atoms with Gasteiger partial charge in [-0.05, 0) is 48.7 Å². The smallest absolute Gasteiger partial charge is 0.243 e. The van der Waals surface area contributed by atoms with Crippen molar-refractivity contribution in [2.24, 2.45) is 0 Å². The molecule has 0 unspecified atom stereocenters. The minimum absolute atomic E-state index is 0.0431. The Kier molecular flexibility index (Phi) is 10.5. The molecule has 3 aromatic carbocycles. The number of thioether (sulfide) groups is 1. The second kappa shape index (κ2) is 13.6. The van der Waals surface area contributed by atoms with Crippen LogP contribution in [0.5, 0.6) is 0 Å². The first-order valence-electron chi connectivity index (χ1n) is 11.5. The van der Waals surface area contributed by atoms with E-state index in [1.165, 1.54) is 11.8 Å². The van der Waals surface area contributed by atoms with Crippen molar-refractivity contribution in [1.29, 1.82) is 0 Å². The molecule has 4 nitrogen and oxygen atoms in total. The minimum Gasteiger partial charge on any atom is -0.352 e. The standard InChI is InChI=1S/C28H30Cl2N2O2S/c1-20(2)31-28(34)26(16-21-9-4-3-5-10-21)32(17-22-11-8-13-24(29)15-22)27(33)19-35-18-23-12-6-7-14-25(23)30/h3-15,20,26H,16-19H2,1-2H3,(H,31,34)/t26-/m1/s1. The van der Waals surface area contributed by atoms with Gasteiger partial charge in [-0.2, -0.15) is 0 Å². The molecule has 0 aliphatic rings. The summed E-state index contributed by atoms with van der Waals surface area (Å²) in [6, 6.07) is 24.1. The van der Waals surface area contributed by atoms with E-state index in [2.05, 4.69) is 5.32 Å². The third-order valence-electron chi connectivity index (χ3n) is 5.38. The molecule has 35 heavy (non-hydrogen) atoms. The fourth-order valence-corrected chi connectivity index (χ4v) is 5.12. The number of halogens is 2. The van der Waals surface area contributed by atoms with Crippen molar-refractivity contribution in [3.05, 3.63) is 106 Å². The van der Waals surface area contributed by atoms with Gasteiger partial charge in [0.15, 0.2) is 0 Å². The van der Waals surface area contributed by atoms with E-state index in [0.717, 1.165) is 16.7 Å². The lowest BCUT2D eigenvalue weighted by atomic mass is 10.0. The van der Waals surface area contributed by atoms with Crippen molar-refractivity contribution >= 4 is 46.8 Å². The molecule has 0 spiro atoms. The number of nitrogens with zero attached hydrogens (tertiary/aromatic N) is 1. The van der Waals surface area contributed by atoms with Gasteiger partial charge in [-0.15, -0.1) is 11.8 Å². The second-order valence-electron chi connectivity index (χ2n) is 8.60. The van der Waals surface area contributed by atoms with Crippen LogP contribution in [0, 0.1) is 0 Å². The highest BCUT2D eigenvalue weighted by atomic mass is 35.5. The maximum Gasteiger partial charge on any atom is 0.243 e. The highest BCUT2D eigenvalue weighted by Gasteiger charge is 2.30. The van der Waals surface area contributed by atoms with E-state index >= 15 is 0 Å². The molecule has 0 fully saturated rings. The van der Waals surface area contributed by atoms with Gasteiger partial charge < -0.3 is 10.2 Å². The largest absolute Gasteiger partial charge is 0.352 e. The maximum atomic E-state index is 13.6. The third kappa shape index (κ3) is 8.60. The Labute approximate surface area is 222 Å². The summed E-state index contributed by atoms with van der Waals surface area (Å²) in [7, 11) is 0. The maximum absolute atomic E-state index is 13.6. The van der Waals surface area contributed by atoms with Crippen LogP contribution in [-0.4, -0.2) is 34.6 Å². The van der Waals surface area contributed by atoms with Crippen molar-refractivity contribution in [2.75, 3.05) is 5.75 Å². The van der Waals surface area contributed by atoms with Gasteiger partial charge in [0.05, 0.1) is 5.75 Å². The lowest BCUT2D eigenvalue weighted by Gasteiger charge is -2.32. The fraction of sp³-hybridized carbons (Fsp3) is 0.286. The highest BCUT2D eigenvalue weighted by molar-refractivity contribution is 7.99. The lowest BCUT2D eigenvalue weighted by Crippen LogP contribution is -2.52. The summed E-state index contributed by atoms with van der Waals surface area (Å²) in [6.07, 6.45) is 0.418. The van der Waals surface area contributed by atoms with Crippen LogP contribution >= 0.6 is 35.0 Å². The van der Waals surface area contributed by atoms with Crippen LogP contribution in [0.1, 0.15) is 30.5 Å². The Morgan fingerprint density at radius 3 is 2.29 bits per heavy atom. The summed E-state index contributed by atoms with van der Waals surface area (Å²) in [5.74, 6) is 0.557. The number of carbonyl (C=O) groups is 2. The van der Waals surface area contributed by atoms with Crippen molar-refractivity contribution in [2.45, 2.75) is 44.6 Å². The number of hydrogen-bond donors (Lipinski definition) is 1. The van der Waals surface area contributed by atoms with Crippen LogP contribution in [0.15, 0.2) is 78.9 Å². The molecule has 2 amide bonds. The number of rotatable bonds is 11. The molecule has 0 heterocycles. The molecular formula is C28H30Cl2N2O2S. The lowest BCUT2D eigenvalue weighted by molar-refractivity contribution is -0.139. The molecule has 0 radical (unpaired) electrons. The third-order valence-corrected chi connectivity index (χ3v) is 6.95. The van der Waals surface area contributed by atoms with Gasteiger partial charge in [-0.3, -0.25) is 9.59 Å². The predicted octanol–water partition coefficient (Wildman–Crippen LogP) is 6.39.